The molecule has 1 atom stereocenters. The fraction of sp³-hybridized carbons (Fsp3) is 0.647. The van der Waals surface area contributed by atoms with Gasteiger partial charge in [-0.25, -0.2) is 0 Å². The Morgan fingerprint density at radius 3 is 2.43 bits per heavy atom. The van der Waals surface area contributed by atoms with Crippen LogP contribution in [0.5, 0.6) is 11.5 Å². The van der Waals surface area contributed by atoms with Crippen molar-refractivity contribution in [3.63, 3.8) is 0 Å². The molecule has 0 aromatic heterocycles. The summed E-state index contributed by atoms with van der Waals surface area (Å²) >= 11 is 0. The summed E-state index contributed by atoms with van der Waals surface area (Å²) in [7, 11) is 0. The molecule has 0 amide bonds. The first-order valence-electron chi connectivity index (χ1n) is 8.03. The molecule has 0 saturated carbocycles. The Hall–Kier alpha value is -1.26. The normalized spacial score (nSPS) is 12.2. The maximum Gasteiger partial charge on any atom is 0.161 e. The summed E-state index contributed by atoms with van der Waals surface area (Å²) in [5.41, 5.74) is 1.21. The largest absolute Gasteiger partial charge is 0.490 e. The average Bonchev–Trinajstić information content (AvgIpc) is 2.48. The van der Waals surface area contributed by atoms with E-state index in [0.717, 1.165) is 31.1 Å². The van der Waals surface area contributed by atoms with Crippen molar-refractivity contribution in [1.82, 2.24) is 10.6 Å². The van der Waals surface area contributed by atoms with Crippen LogP contribution in [-0.2, 0) is 6.54 Å². The van der Waals surface area contributed by atoms with Gasteiger partial charge in [0, 0.05) is 19.1 Å². The van der Waals surface area contributed by atoms with Gasteiger partial charge in [-0.05, 0) is 51.4 Å². The molecule has 21 heavy (non-hydrogen) atoms. The molecule has 4 nitrogen and oxygen atoms in total. The van der Waals surface area contributed by atoms with Gasteiger partial charge in [0.2, 0.25) is 0 Å². The highest BCUT2D eigenvalue weighted by Gasteiger charge is 2.07. The molecule has 1 aromatic carbocycles. The lowest BCUT2D eigenvalue weighted by Gasteiger charge is -2.16. The minimum absolute atomic E-state index is 0.443. The molecule has 0 aliphatic carbocycles. The number of hydrogen-bond donors (Lipinski definition) is 2. The van der Waals surface area contributed by atoms with Crippen LogP contribution in [0, 0.1) is 0 Å². The smallest absolute Gasteiger partial charge is 0.161 e. The van der Waals surface area contributed by atoms with Crippen molar-refractivity contribution in [2.45, 2.75) is 46.7 Å². The van der Waals surface area contributed by atoms with Crippen LogP contribution in [0.15, 0.2) is 18.2 Å². The summed E-state index contributed by atoms with van der Waals surface area (Å²) in [6.45, 7) is 12.5. The molecule has 0 spiro atoms. The maximum absolute atomic E-state index is 5.65. The van der Waals surface area contributed by atoms with Crippen LogP contribution in [0.4, 0.5) is 0 Å². The third-order valence-electron chi connectivity index (χ3n) is 3.14. The van der Waals surface area contributed by atoms with Gasteiger partial charge in [-0.2, -0.15) is 0 Å². The molecule has 0 fully saturated rings. The molecule has 0 bridgehead atoms. The highest BCUT2D eigenvalue weighted by atomic mass is 16.5. The third-order valence-corrected chi connectivity index (χ3v) is 3.14. The van der Waals surface area contributed by atoms with Crippen LogP contribution >= 0.6 is 0 Å². The van der Waals surface area contributed by atoms with E-state index in [1.165, 1.54) is 12.0 Å². The van der Waals surface area contributed by atoms with E-state index in [1.807, 2.05) is 19.9 Å². The molecule has 0 heterocycles. The third kappa shape index (κ3) is 6.82. The van der Waals surface area contributed by atoms with Gasteiger partial charge in [0.05, 0.1) is 13.2 Å². The lowest BCUT2D eigenvalue weighted by Crippen LogP contribution is -2.36. The number of ether oxygens (including phenoxy) is 2. The van der Waals surface area contributed by atoms with Crippen molar-refractivity contribution >= 4 is 0 Å². The van der Waals surface area contributed by atoms with E-state index in [4.69, 9.17) is 9.47 Å². The molecule has 0 radical (unpaired) electrons. The van der Waals surface area contributed by atoms with Gasteiger partial charge in [-0.1, -0.05) is 13.0 Å². The standard InChI is InChI=1S/C17H30N2O2/c1-5-10-18-12-14(4)19-13-15-8-9-16(20-6-2)17(11-15)21-7-3/h8-9,11,14,18-19H,5-7,10,12-13H2,1-4H3. The molecule has 1 rings (SSSR count). The Morgan fingerprint density at radius 2 is 1.76 bits per heavy atom. The number of rotatable bonds is 11. The molecule has 1 aromatic rings. The van der Waals surface area contributed by atoms with Crippen LogP contribution < -0.4 is 20.1 Å². The number of hydrogen-bond acceptors (Lipinski definition) is 4. The summed E-state index contributed by atoms with van der Waals surface area (Å²) in [6, 6.07) is 6.59. The van der Waals surface area contributed by atoms with E-state index in [1.54, 1.807) is 0 Å². The monoisotopic (exact) mass is 294 g/mol. The summed E-state index contributed by atoms with van der Waals surface area (Å²) < 4.78 is 11.2. The second-order valence-corrected chi connectivity index (χ2v) is 5.13. The zero-order valence-corrected chi connectivity index (χ0v) is 13.9. The molecule has 2 N–H and O–H groups in total. The minimum atomic E-state index is 0.443. The Balaban J connectivity index is 2.52. The molecule has 0 aliphatic heterocycles. The van der Waals surface area contributed by atoms with Crippen molar-refractivity contribution in [2.24, 2.45) is 0 Å². The molecule has 0 aliphatic rings. The molecule has 120 valence electrons. The van der Waals surface area contributed by atoms with Crippen molar-refractivity contribution in [1.29, 1.82) is 0 Å². The van der Waals surface area contributed by atoms with E-state index in [9.17, 15) is 0 Å². The highest BCUT2D eigenvalue weighted by molar-refractivity contribution is 5.43. The summed E-state index contributed by atoms with van der Waals surface area (Å²) in [5.74, 6) is 1.65. The molecule has 1 unspecified atom stereocenters. The maximum atomic E-state index is 5.65. The van der Waals surface area contributed by atoms with Gasteiger partial charge in [0.25, 0.3) is 0 Å². The van der Waals surface area contributed by atoms with E-state index < -0.39 is 0 Å². The Kier molecular flexibility index (Phi) is 8.87. The fourth-order valence-electron chi connectivity index (χ4n) is 2.07. The fourth-order valence-corrected chi connectivity index (χ4v) is 2.07. The van der Waals surface area contributed by atoms with Gasteiger partial charge >= 0.3 is 0 Å². The van der Waals surface area contributed by atoms with Gasteiger partial charge in [0.1, 0.15) is 0 Å². The first kappa shape index (κ1) is 17.8. The SMILES string of the molecule is CCCNCC(C)NCc1ccc(OCC)c(OCC)c1. The topological polar surface area (TPSA) is 42.5 Å². The quantitative estimate of drug-likeness (QED) is 0.616. The molecule has 0 saturated heterocycles. The zero-order valence-electron chi connectivity index (χ0n) is 13.9. The first-order chi connectivity index (χ1) is 10.2. The lowest BCUT2D eigenvalue weighted by atomic mass is 10.2. The molecular weight excluding hydrogens is 264 g/mol. The Morgan fingerprint density at radius 1 is 1.05 bits per heavy atom. The van der Waals surface area contributed by atoms with Crippen LogP contribution in [-0.4, -0.2) is 32.3 Å². The second-order valence-electron chi connectivity index (χ2n) is 5.13. The van der Waals surface area contributed by atoms with Gasteiger partial charge < -0.3 is 20.1 Å². The summed E-state index contributed by atoms with van der Waals surface area (Å²) in [5, 5.41) is 6.94. The number of benzene rings is 1. The van der Waals surface area contributed by atoms with E-state index in [-0.39, 0.29) is 0 Å². The van der Waals surface area contributed by atoms with Gasteiger partial charge in [-0.3, -0.25) is 0 Å². The van der Waals surface area contributed by atoms with Crippen LogP contribution in [0.2, 0.25) is 0 Å². The van der Waals surface area contributed by atoms with Crippen molar-refractivity contribution in [3.05, 3.63) is 23.8 Å². The summed E-state index contributed by atoms with van der Waals surface area (Å²) in [6.07, 6.45) is 1.17. The van der Waals surface area contributed by atoms with Crippen molar-refractivity contribution < 1.29 is 9.47 Å². The zero-order chi connectivity index (χ0) is 15.5. The average molecular weight is 294 g/mol. The van der Waals surface area contributed by atoms with Crippen molar-refractivity contribution in [2.75, 3.05) is 26.3 Å². The Bertz CT molecular complexity index is 396. The number of nitrogens with one attached hydrogen (secondary N) is 2. The highest BCUT2D eigenvalue weighted by Crippen LogP contribution is 2.28. The van der Waals surface area contributed by atoms with Crippen molar-refractivity contribution in [3.8, 4) is 11.5 Å². The van der Waals surface area contributed by atoms with Gasteiger partial charge in [-0.15, -0.1) is 0 Å². The minimum Gasteiger partial charge on any atom is -0.490 e. The molecular formula is C17H30N2O2. The first-order valence-corrected chi connectivity index (χ1v) is 8.03. The van der Waals surface area contributed by atoms with E-state index in [0.29, 0.717) is 19.3 Å². The van der Waals surface area contributed by atoms with E-state index in [2.05, 4.69) is 36.6 Å². The van der Waals surface area contributed by atoms with Crippen LogP contribution in [0.1, 0.15) is 39.7 Å². The predicted octanol–water partition coefficient (Wildman–Crippen LogP) is 2.96. The van der Waals surface area contributed by atoms with Crippen LogP contribution in [0.3, 0.4) is 0 Å². The van der Waals surface area contributed by atoms with E-state index >= 15 is 0 Å². The van der Waals surface area contributed by atoms with Crippen LogP contribution in [0.25, 0.3) is 0 Å². The molecule has 4 heteroatoms. The second kappa shape index (κ2) is 10.5. The van der Waals surface area contributed by atoms with Gasteiger partial charge in [0.15, 0.2) is 11.5 Å². The Labute approximate surface area is 129 Å². The lowest BCUT2D eigenvalue weighted by molar-refractivity contribution is 0.287. The predicted molar refractivity (Wildman–Crippen MR) is 88.2 cm³/mol. The summed E-state index contributed by atoms with van der Waals surface area (Å²) in [4.78, 5) is 0.